The molecule has 0 aromatic heterocycles. The molecule has 1 unspecified atom stereocenters. The number of hydrogen-bond donors (Lipinski definition) is 2. The van der Waals surface area contributed by atoms with Gasteiger partial charge in [-0.25, -0.2) is 4.39 Å². The summed E-state index contributed by atoms with van der Waals surface area (Å²) in [6.07, 6.45) is -0.0485. The van der Waals surface area contributed by atoms with Gasteiger partial charge in [0.25, 0.3) is 0 Å². The number of ketones is 1. The Morgan fingerprint density at radius 2 is 1.67 bits per heavy atom. The van der Waals surface area contributed by atoms with Crippen molar-refractivity contribution in [3.8, 4) is 5.75 Å². The molecule has 0 saturated heterocycles. The van der Waals surface area contributed by atoms with Crippen molar-refractivity contribution in [2.45, 2.75) is 18.8 Å². The van der Waals surface area contributed by atoms with Gasteiger partial charge in [0.15, 0.2) is 5.78 Å². The summed E-state index contributed by atoms with van der Waals surface area (Å²) >= 11 is 0. The largest absolute Gasteiger partial charge is 0.497 e. The Hall–Kier alpha value is -3.22. The van der Waals surface area contributed by atoms with Crippen LogP contribution >= 0.6 is 0 Å². The second-order valence-corrected chi connectivity index (χ2v) is 5.90. The second-order valence-electron chi connectivity index (χ2n) is 5.90. The molecule has 142 valence electrons. The predicted molar refractivity (Wildman–Crippen MR) is 96.3 cm³/mol. The summed E-state index contributed by atoms with van der Waals surface area (Å²) in [5, 5.41) is 11.8. The van der Waals surface area contributed by atoms with E-state index in [4.69, 9.17) is 4.74 Å². The first kappa shape index (κ1) is 20.1. The summed E-state index contributed by atoms with van der Waals surface area (Å²) < 4.78 is 18.0. The Kier molecular flexibility index (Phi) is 7.05. The minimum atomic E-state index is -1.13. The van der Waals surface area contributed by atoms with E-state index in [0.29, 0.717) is 16.9 Å². The zero-order valence-corrected chi connectivity index (χ0v) is 14.8. The molecule has 0 heterocycles. The van der Waals surface area contributed by atoms with Gasteiger partial charge in [-0.3, -0.25) is 14.4 Å². The highest BCUT2D eigenvalue weighted by atomic mass is 19.1. The quantitative estimate of drug-likeness (QED) is 0.660. The Bertz CT molecular complexity index is 802. The average Bonchev–Trinajstić information content (AvgIpc) is 2.67. The van der Waals surface area contributed by atoms with Crippen LogP contribution in [0.5, 0.6) is 5.75 Å². The standard InChI is InChI=1S/C20H20FNO5/c1-27-16-8-4-14(5-9-16)18(23)10-11-19(24)22-12-17(20(25)26)13-2-6-15(21)7-3-13/h2-9,17H,10-12H2,1H3,(H,22,24)(H,25,26). The predicted octanol–water partition coefficient (Wildman–Crippen LogP) is 2.78. The Morgan fingerprint density at radius 3 is 2.22 bits per heavy atom. The van der Waals surface area contributed by atoms with E-state index in [1.807, 2.05) is 0 Å². The lowest BCUT2D eigenvalue weighted by atomic mass is 9.99. The fourth-order valence-corrected chi connectivity index (χ4v) is 2.50. The van der Waals surface area contributed by atoms with Crippen LogP contribution in [0.2, 0.25) is 0 Å². The van der Waals surface area contributed by atoms with Crippen LogP contribution < -0.4 is 10.1 Å². The number of hydrogen-bond acceptors (Lipinski definition) is 4. The van der Waals surface area contributed by atoms with Gasteiger partial charge in [-0.2, -0.15) is 0 Å². The molecule has 0 bridgehead atoms. The lowest BCUT2D eigenvalue weighted by Gasteiger charge is -2.14. The molecule has 0 fully saturated rings. The average molecular weight is 373 g/mol. The highest BCUT2D eigenvalue weighted by Crippen LogP contribution is 2.16. The molecule has 0 saturated carbocycles. The molecule has 0 aliphatic rings. The summed E-state index contributed by atoms with van der Waals surface area (Å²) in [5.41, 5.74) is 0.858. The Balaban J connectivity index is 1.85. The van der Waals surface area contributed by atoms with Crippen LogP contribution in [-0.2, 0) is 9.59 Å². The van der Waals surface area contributed by atoms with Gasteiger partial charge in [0.2, 0.25) is 5.91 Å². The summed E-state index contributed by atoms with van der Waals surface area (Å²) in [7, 11) is 1.53. The maximum absolute atomic E-state index is 13.0. The molecule has 7 heteroatoms. The third kappa shape index (κ3) is 5.91. The van der Waals surface area contributed by atoms with Crippen LogP contribution in [-0.4, -0.2) is 36.4 Å². The van der Waals surface area contributed by atoms with Crippen LogP contribution in [0.1, 0.15) is 34.7 Å². The van der Waals surface area contributed by atoms with Crippen LogP contribution in [0.4, 0.5) is 4.39 Å². The fraction of sp³-hybridized carbons (Fsp3) is 0.250. The highest BCUT2D eigenvalue weighted by Gasteiger charge is 2.21. The number of carboxylic acid groups (broad SMARTS) is 1. The van der Waals surface area contributed by atoms with Crippen molar-refractivity contribution in [3.05, 3.63) is 65.5 Å². The molecule has 0 aliphatic heterocycles. The molecule has 1 atom stereocenters. The van der Waals surface area contributed by atoms with Crippen molar-refractivity contribution < 1.29 is 28.6 Å². The van der Waals surface area contributed by atoms with E-state index in [2.05, 4.69) is 5.32 Å². The second kappa shape index (κ2) is 9.47. The van der Waals surface area contributed by atoms with Crippen LogP contribution in [0.15, 0.2) is 48.5 Å². The number of halogens is 1. The van der Waals surface area contributed by atoms with Crippen molar-refractivity contribution in [1.29, 1.82) is 0 Å². The summed E-state index contributed by atoms with van der Waals surface area (Å²) in [5.74, 6) is -2.58. The molecule has 2 N–H and O–H groups in total. The third-order valence-electron chi connectivity index (χ3n) is 4.06. The van der Waals surface area contributed by atoms with Gasteiger partial charge < -0.3 is 15.2 Å². The van der Waals surface area contributed by atoms with Crippen molar-refractivity contribution in [1.82, 2.24) is 5.32 Å². The number of amides is 1. The van der Waals surface area contributed by atoms with Gasteiger partial charge >= 0.3 is 5.97 Å². The Morgan fingerprint density at radius 1 is 1.04 bits per heavy atom. The molecular weight excluding hydrogens is 353 g/mol. The number of ether oxygens (including phenoxy) is 1. The molecule has 2 aromatic carbocycles. The topological polar surface area (TPSA) is 92.7 Å². The molecule has 2 rings (SSSR count). The SMILES string of the molecule is COc1ccc(C(=O)CCC(=O)NCC(C(=O)O)c2ccc(F)cc2)cc1. The maximum Gasteiger partial charge on any atom is 0.312 e. The van der Waals surface area contributed by atoms with Crippen LogP contribution in [0, 0.1) is 5.82 Å². The summed E-state index contributed by atoms with van der Waals surface area (Å²) in [6, 6.07) is 11.6. The van der Waals surface area contributed by atoms with Gasteiger partial charge in [-0.05, 0) is 42.0 Å². The highest BCUT2D eigenvalue weighted by molar-refractivity contribution is 5.98. The lowest BCUT2D eigenvalue weighted by molar-refractivity contribution is -0.138. The summed E-state index contributed by atoms with van der Waals surface area (Å²) in [4.78, 5) is 35.4. The molecule has 0 spiro atoms. The minimum absolute atomic E-state index is 0.00640. The van der Waals surface area contributed by atoms with E-state index in [9.17, 15) is 23.9 Å². The number of aliphatic carboxylic acids is 1. The number of carbonyl (C=O) groups excluding carboxylic acids is 2. The number of carbonyl (C=O) groups is 3. The summed E-state index contributed by atoms with van der Waals surface area (Å²) in [6.45, 7) is -0.142. The molecule has 27 heavy (non-hydrogen) atoms. The van der Waals surface area contributed by atoms with Gasteiger partial charge in [0, 0.05) is 24.9 Å². The van der Waals surface area contributed by atoms with E-state index in [1.165, 1.54) is 31.4 Å². The van der Waals surface area contributed by atoms with Gasteiger partial charge in [-0.15, -0.1) is 0 Å². The van der Waals surface area contributed by atoms with Gasteiger partial charge in [-0.1, -0.05) is 12.1 Å². The first-order valence-corrected chi connectivity index (χ1v) is 8.33. The fourth-order valence-electron chi connectivity index (χ4n) is 2.50. The lowest BCUT2D eigenvalue weighted by Crippen LogP contribution is -2.31. The normalized spacial score (nSPS) is 11.5. The molecule has 1 amide bonds. The van der Waals surface area contributed by atoms with Crippen LogP contribution in [0.3, 0.4) is 0 Å². The molecule has 0 radical (unpaired) electrons. The third-order valence-corrected chi connectivity index (χ3v) is 4.06. The maximum atomic E-state index is 13.0. The smallest absolute Gasteiger partial charge is 0.312 e. The molecule has 6 nitrogen and oxygen atoms in total. The van der Waals surface area contributed by atoms with Crippen molar-refractivity contribution in [2.75, 3.05) is 13.7 Å². The molecule has 0 aliphatic carbocycles. The van der Waals surface area contributed by atoms with Crippen molar-refractivity contribution in [2.24, 2.45) is 0 Å². The number of benzene rings is 2. The van der Waals surface area contributed by atoms with E-state index in [0.717, 1.165) is 0 Å². The van der Waals surface area contributed by atoms with E-state index in [1.54, 1.807) is 24.3 Å². The van der Waals surface area contributed by atoms with Crippen LogP contribution in [0.25, 0.3) is 0 Å². The number of Topliss-reactive ketones (excluding diaryl/α,β-unsaturated/α-hetero) is 1. The number of nitrogens with one attached hydrogen (secondary N) is 1. The Labute approximate surface area is 156 Å². The number of carboxylic acids is 1. The van der Waals surface area contributed by atoms with E-state index in [-0.39, 0.29) is 25.2 Å². The van der Waals surface area contributed by atoms with Gasteiger partial charge in [0.1, 0.15) is 11.6 Å². The molecule has 2 aromatic rings. The number of rotatable bonds is 9. The van der Waals surface area contributed by atoms with E-state index >= 15 is 0 Å². The van der Waals surface area contributed by atoms with Gasteiger partial charge in [0.05, 0.1) is 13.0 Å². The number of methoxy groups -OCH3 is 1. The zero-order valence-electron chi connectivity index (χ0n) is 14.8. The van der Waals surface area contributed by atoms with Crippen molar-refractivity contribution >= 4 is 17.7 Å². The molecular formula is C20H20FNO5. The monoisotopic (exact) mass is 373 g/mol. The first-order valence-electron chi connectivity index (χ1n) is 8.33. The first-order chi connectivity index (χ1) is 12.9. The zero-order chi connectivity index (χ0) is 19.8. The minimum Gasteiger partial charge on any atom is -0.497 e. The van der Waals surface area contributed by atoms with Crippen molar-refractivity contribution in [3.63, 3.8) is 0 Å². The van der Waals surface area contributed by atoms with E-state index < -0.39 is 23.6 Å².